The minimum Gasteiger partial charge on any atom is -0.310 e. The number of nitrogens with one attached hydrogen (secondary N) is 1. The normalized spacial score (nSPS) is 11.3. The summed E-state index contributed by atoms with van der Waals surface area (Å²) in [5, 5.41) is 8.07. The van der Waals surface area contributed by atoms with E-state index in [4.69, 9.17) is 0 Å². The molecule has 0 bridgehead atoms. The van der Waals surface area contributed by atoms with Crippen LogP contribution in [0.5, 0.6) is 0 Å². The second kappa shape index (κ2) is 6.85. The molecule has 0 amide bonds. The van der Waals surface area contributed by atoms with Gasteiger partial charge in [-0.05, 0) is 30.2 Å². The average molecular weight is 286 g/mol. The molecule has 0 saturated heterocycles. The fourth-order valence-electron chi connectivity index (χ4n) is 2.30. The van der Waals surface area contributed by atoms with Gasteiger partial charge < -0.3 is 5.32 Å². The van der Waals surface area contributed by atoms with Gasteiger partial charge in [-0.15, -0.1) is 0 Å². The van der Waals surface area contributed by atoms with E-state index in [0.717, 1.165) is 36.7 Å². The SMILES string of the molecule is CCc1nc(CC)n(-c2ccc(CNC(C)C)c(C)c2)n1. The lowest BCUT2D eigenvalue weighted by atomic mass is 10.1. The molecular formula is C17H26N4. The number of hydrogen-bond acceptors (Lipinski definition) is 3. The Morgan fingerprint density at radius 2 is 1.95 bits per heavy atom. The molecule has 4 nitrogen and oxygen atoms in total. The first-order chi connectivity index (χ1) is 10.0. The van der Waals surface area contributed by atoms with Crippen molar-refractivity contribution in [3.8, 4) is 5.69 Å². The maximum absolute atomic E-state index is 4.60. The second-order valence-corrected chi connectivity index (χ2v) is 5.71. The zero-order valence-electron chi connectivity index (χ0n) is 13.8. The lowest BCUT2D eigenvalue weighted by Gasteiger charge is -2.12. The van der Waals surface area contributed by atoms with E-state index in [0.29, 0.717) is 6.04 Å². The summed E-state index contributed by atoms with van der Waals surface area (Å²) in [4.78, 5) is 4.57. The van der Waals surface area contributed by atoms with Gasteiger partial charge in [-0.1, -0.05) is 33.8 Å². The van der Waals surface area contributed by atoms with Gasteiger partial charge in [-0.3, -0.25) is 0 Å². The minimum atomic E-state index is 0.498. The quantitative estimate of drug-likeness (QED) is 0.886. The molecular weight excluding hydrogens is 260 g/mol. The summed E-state index contributed by atoms with van der Waals surface area (Å²) in [5.41, 5.74) is 3.72. The van der Waals surface area contributed by atoms with Gasteiger partial charge in [0.05, 0.1) is 5.69 Å². The van der Waals surface area contributed by atoms with Crippen LogP contribution in [-0.4, -0.2) is 20.8 Å². The average Bonchev–Trinajstić information content (AvgIpc) is 2.89. The predicted octanol–water partition coefficient (Wildman–Crippen LogP) is 3.20. The van der Waals surface area contributed by atoms with Gasteiger partial charge in [-0.2, -0.15) is 5.10 Å². The van der Waals surface area contributed by atoms with Crippen LogP contribution in [0.1, 0.15) is 50.5 Å². The monoisotopic (exact) mass is 286 g/mol. The molecule has 2 rings (SSSR count). The molecule has 0 saturated carbocycles. The van der Waals surface area contributed by atoms with Crippen LogP contribution in [0.15, 0.2) is 18.2 Å². The second-order valence-electron chi connectivity index (χ2n) is 5.71. The number of hydrogen-bond donors (Lipinski definition) is 1. The summed E-state index contributed by atoms with van der Waals surface area (Å²) in [6, 6.07) is 7.02. The molecule has 0 atom stereocenters. The van der Waals surface area contributed by atoms with Crippen LogP contribution in [0.4, 0.5) is 0 Å². The first-order valence-corrected chi connectivity index (χ1v) is 7.83. The maximum Gasteiger partial charge on any atom is 0.151 e. The van der Waals surface area contributed by atoms with E-state index in [1.165, 1.54) is 11.1 Å². The molecule has 114 valence electrons. The van der Waals surface area contributed by atoms with Gasteiger partial charge in [0.2, 0.25) is 0 Å². The Balaban J connectivity index is 2.29. The molecule has 0 aliphatic carbocycles. The summed E-state index contributed by atoms with van der Waals surface area (Å²) in [5.74, 6) is 1.94. The predicted molar refractivity (Wildman–Crippen MR) is 86.8 cm³/mol. The number of aromatic nitrogens is 3. The van der Waals surface area contributed by atoms with Crippen LogP contribution in [0.2, 0.25) is 0 Å². The zero-order chi connectivity index (χ0) is 15.4. The highest BCUT2D eigenvalue weighted by Crippen LogP contribution is 2.16. The van der Waals surface area contributed by atoms with E-state index in [2.05, 4.69) is 68.2 Å². The molecule has 4 heteroatoms. The van der Waals surface area contributed by atoms with Crippen LogP contribution in [0.3, 0.4) is 0 Å². The lowest BCUT2D eigenvalue weighted by Crippen LogP contribution is -2.22. The van der Waals surface area contributed by atoms with Crippen molar-refractivity contribution < 1.29 is 0 Å². The highest BCUT2D eigenvalue weighted by Gasteiger charge is 2.10. The third kappa shape index (κ3) is 3.70. The summed E-state index contributed by atoms with van der Waals surface area (Å²) in [6.45, 7) is 11.6. The molecule has 0 fully saturated rings. The van der Waals surface area contributed by atoms with Gasteiger partial charge in [-0.25, -0.2) is 9.67 Å². The van der Waals surface area contributed by atoms with Crippen molar-refractivity contribution in [2.45, 2.75) is 60.0 Å². The van der Waals surface area contributed by atoms with Crippen molar-refractivity contribution in [1.82, 2.24) is 20.1 Å². The van der Waals surface area contributed by atoms with Crippen molar-refractivity contribution in [3.63, 3.8) is 0 Å². The maximum atomic E-state index is 4.60. The molecule has 0 spiro atoms. The molecule has 0 aliphatic rings. The number of rotatable bonds is 6. The van der Waals surface area contributed by atoms with E-state index in [9.17, 15) is 0 Å². The van der Waals surface area contributed by atoms with Gasteiger partial charge >= 0.3 is 0 Å². The summed E-state index contributed by atoms with van der Waals surface area (Å²) in [6.07, 6.45) is 1.76. The Bertz CT molecular complexity index is 599. The molecule has 0 radical (unpaired) electrons. The topological polar surface area (TPSA) is 42.7 Å². The van der Waals surface area contributed by atoms with E-state index in [-0.39, 0.29) is 0 Å². The van der Waals surface area contributed by atoms with Crippen molar-refractivity contribution >= 4 is 0 Å². The molecule has 1 aromatic carbocycles. The number of aryl methyl sites for hydroxylation is 3. The standard InChI is InChI=1S/C17H26N4/c1-6-16-19-17(7-2)21(20-16)15-9-8-14(13(5)10-15)11-18-12(3)4/h8-10,12,18H,6-7,11H2,1-5H3. The molecule has 21 heavy (non-hydrogen) atoms. The van der Waals surface area contributed by atoms with Crippen LogP contribution in [0.25, 0.3) is 5.69 Å². The molecule has 0 unspecified atom stereocenters. The van der Waals surface area contributed by atoms with E-state index in [1.807, 2.05) is 4.68 Å². The van der Waals surface area contributed by atoms with Gasteiger partial charge in [0.25, 0.3) is 0 Å². The Labute approximate surface area is 127 Å². The van der Waals surface area contributed by atoms with E-state index in [1.54, 1.807) is 0 Å². The Kier molecular flexibility index (Phi) is 5.12. The fraction of sp³-hybridized carbons (Fsp3) is 0.529. The molecule has 1 N–H and O–H groups in total. The largest absolute Gasteiger partial charge is 0.310 e. The van der Waals surface area contributed by atoms with Crippen LogP contribution >= 0.6 is 0 Å². The number of nitrogens with zero attached hydrogens (tertiary/aromatic N) is 3. The van der Waals surface area contributed by atoms with Crippen molar-refractivity contribution in [3.05, 3.63) is 41.0 Å². The highest BCUT2D eigenvalue weighted by molar-refractivity contribution is 5.40. The first-order valence-electron chi connectivity index (χ1n) is 7.83. The summed E-state index contributed by atoms with van der Waals surface area (Å²) in [7, 11) is 0. The highest BCUT2D eigenvalue weighted by atomic mass is 15.3. The fourth-order valence-corrected chi connectivity index (χ4v) is 2.30. The Morgan fingerprint density at radius 3 is 2.52 bits per heavy atom. The van der Waals surface area contributed by atoms with E-state index >= 15 is 0 Å². The molecule has 1 aromatic heterocycles. The molecule has 2 aromatic rings. The Morgan fingerprint density at radius 1 is 1.19 bits per heavy atom. The van der Waals surface area contributed by atoms with Crippen LogP contribution in [0, 0.1) is 6.92 Å². The Hall–Kier alpha value is -1.68. The zero-order valence-corrected chi connectivity index (χ0v) is 13.8. The third-order valence-corrected chi connectivity index (χ3v) is 3.62. The van der Waals surface area contributed by atoms with Gasteiger partial charge in [0, 0.05) is 25.4 Å². The van der Waals surface area contributed by atoms with Crippen LogP contribution in [-0.2, 0) is 19.4 Å². The smallest absolute Gasteiger partial charge is 0.151 e. The summed E-state index contributed by atoms with van der Waals surface area (Å²) < 4.78 is 1.98. The van der Waals surface area contributed by atoms with E-state index < -0.39 is 0 Å². The van der Waals surface area contributed by atoms with Crippen molar-refractivity contribution in [2.75, 3.05) is 0 Å². The molecule has 0 aliphatic heterocycles. The van der Waals surface area contributed by atoms with Crippen molar-refractivity contribution in [1.29, 1.82) is 0 Å². The lowest BCUT2D eigenvalue weighted by molar-refractivity contribution is 0.587. The number of benzene rings is 1. The van der Waals surface area contributed by atoms with Gasteiger partial charge in [0.1, 0.15) is 5.82 Å². The minimum absolute atomic E-state index is 0.498. The van der Waals surface area contributed by atoms with Crippen molar-refractivity contribution in [2.24, 2.45) is 0 Å². The molecule has 1 heterocycles. The third-order valence-electron chi connectivity index (χ3n) is 3.62. The van der Waals surface area contributed by atoms with Crippen LogP contribution < -0.4 is 5.32 Å². The van der Waals surface area contributed by atoms with Gasteiger partial charge in [0.15, 0.2) is 5.82 Å². The summed E-state index contributed by atoms with van der Waals surface area (Å²) >= 11 is 0. The first kappa shape index (κ1) is 15.7.